The van der Waals surface area contributed by atoms with Gasteiger partial charge in [-0.25, -0.2) is 4.98 Å². The van der Waals surface area contributed by atoms with E-state index in [0.29, 0.717) is 17.3 Å². The van der Waals surface area contributed by atoms with E-state index in [0.717, 1.165) is 27.9 Å². The van der Waals surface area contributed by atoms with Crippen molar-refractivity contribution in [3.05, 3.63) is 48.7 Å². The number of rotatable bonds is 4. The van der Waals surface area contributed by atoms with Crippen molar-refractivity contribution in [1.29, 1.82) is 0 Å². The van der Waals surface area contributed by atoms with Crippen LogP contribution in [0.5, 0.6) is 11.5 Å². The van der Waals surface area contributed by atoms with Gasteiger partial charge in [0.15, 0.2) is 11.6 Å². The maximum atomic E-state index is 5.32. The lowest BCUT2D eigenvalue weighted by Crippen LogP contribution is -1.89. The number of aromatic amines is 1. The molecule has 6 heteroatoms. The second-order valence-corrected chi connectivity index (χ2v) is 5.78. The number of nitrogens with one attached hydrogen (secondary N) is 1. The first kappa shape index (κ1) is 15.3. The van der Waals surface area contributed by atoms with Gasteiger partial charge in [0.2, 0.25) is 0 Å². The topological polar surface area (TPSA) is 65.0 Å². The monoisotopic (exact) mass is 334 g/mol. The van der Waals surface area contributed by atoms with Crippen LogP contribution < -0.4 is 9.47 Å². The highest BCUT2D eigenvalue weighted by Crippen LogP contribution is 2.31. The van der Waals surface area contributed by atoms with E-state index >= 15 is 0 Å². The lowest BCUT2D eigenvalue weighted by Gasteiger charge is -2.06. The Hall–Kier alpha value is -3.28. The van der Waals surface area contributed by atoms with Crippen LogP contribution in [0.25, 0.3) is 33.7 Å². The second-order valence-electron chi connectivity index (χ2n) is 5.78. The number of hydrogen-bond donors (Lipinski definition) is 1. The summed E-state index contributed by atoms with van der Waals surface area (Å²) in [6.07, 6.45) is 2.06. The number of aromatic nitrogens is 4. The van der Waals surface area contributed by atoms with Crippen LogP contribution in [0.4, 0.5) is 0 Å². The van der Waals surface area contributed by atoms with Gasteiger partial charge in [0.05, 0.1) is 14.2 Å². The standard InChI is InChI=1S/C19H18N4O2/c1-23-11-16(15-6-4-5-7-17(15)23)19-20-18(21-22-19)12-8-13(24-2)10-14(9-12)25-3/h4-11H,1-3H3,(H,20,21,22). The van der Waals surface area contributed by atoms with Crippen LogP contribution in [0, 0.1) is 0 Å². The number of fused-ring (bicyclic) bond motifs is 1. The lowest BCUT2D eigenvalue weighted by atomic mass is 10.1. The van der Waals surface area contributed by atoms with Gasteiger partial charge >= 0.3 is 0 Å². The Labute approximate surface area is 145 Å². The summed E-state index contributed by atoms with van der Waals surface area (Å²) in [5.41, 5.74) is 3.00. The molecule has 2 aromatic carbocycles. The summed E-state index contributed by atoms with van der Waals surface area (Å²) in [5.74, 6) is 2.73. The van der Waals surface area contributed by atoms with Crippen LogP contribution in [0.2, 0.25) is 0 Å². The van der Waals surface area contributed by atoms with E-state index in [9.17, 15) is 0 Å². The molecular weight excluding hydrogens is 316 g/mol. The van der Waals surface area contributed by atoms with Gasteiger partial charge in [0.25, 0.3) is 0 Å². The molecule has 0 bridgehead atoms. The Balaban J connectivity index is 1.80. The first-order valence-corrected chi connectivity index (χ1v) is 7.90. The van der Waals surface area contributed by atoms with Crippen molar-refractivity contribution in [1.82, 2.24) is 19.7 Å². The predicted molar refractivity (Wildman–Crippen MR) is 96.8 cm³/mol. The zero-order chi connectivity index (χ0) is 17.4. The van der Waals surface area contributed by atoms with Crippen LogP contribution >= 0.6 is 0 Å². The molecule has 2 aromatic heterocycles. The van der Waals surface area contributed by atoms with E-state index < -0.39 is 0 Å². The van der Waals surface area contributed by atoms with Crippen LogP contribution in [0.1, 0.15) is 0 Å². The Kier molecular flexibility index (Phi) is 3.65. The van der Waals surface area contributed by atoms with Crippen molar-refractivity contribution in [2.24, 2.45) is 7.05 Å². The predicted octanol–water partition coefficient (Wildman–Crippen LogP) is 3.65. The van der Waals surface area contributed by atoms with E-state index in [1.54, 1.807) is 14.2 Å². The van der Waals surface area contributed by atoms with Gasteiger partial charge in [0, 0.05) is 41.3 Å². The number of H-pyrrole nitrogens is 1. The number of benzene rings is 2. The second kappa shape index (κ2) is 5.98. The number of hydrogen-bond acceptors (Lipinski definition) is 4. The number of nitrogens with zero attached hydrogens (tertiary/aromatic N) is 3. The van der Waals surface area contributed by atoms with Crippen molar-refractivity contribution < 1.29 is 9.47 Å². The van der Waals surface area contributed by atoms with Crippen LogP contribution in [-0.2, 0) is 7.05 Å². The average Bonchev–Trinajstić information content (AvgIpc) is 3.27. The molecular formula is C19H18N4O2. The summed E-state index contributed by atoms with van der Waals surface area (Å²) < 4.78 is 12.7. The molecule has 6 nitrogen and oxygen atoms in total. The van der Waals surface area contributed by atoms with E-state index in [1.807, 2.05) is 37.4 Å². The van der Waals surface area contributed by atoms with Gasteiger partial charge in [-0.15, -0.1) is 0 Å². The fraction of sp³-hybridized carbons (Fsp3) is 0.158. The van der Waals surface area contributed by atoms with E-state index in [4.69, 9.17) is 9.47 Å². The Morgan fingerprint density at radius 2 is 1.72 bits per heavy atom. The zero-order valence-corrected chi connectivity index (χ0v) is 14.3. The van der Waals surface area contributed by atoms with Gasteiger partial charge < -0.3 is 14.0 Å². The minimum absolute atomic E-state index is 0.597. The highest BCUT2D eigenvalue weighted by atomic mass is 16.5. The molecule has 4 aromatic rings. The quantitative estimate of drug-likeness (QED) is 0.619. The third-order valence-electron chi connectivity index (χ3n) is 4.25. The summed E-state index contributed by atoms with van der Waals surface area (Å²) in [6.45, 7) is 0. The largest absolute Gasteiger partial charge is 0.497 e. The summed E-state index contributed by atoms with van der Waals surface area (Å²) in [6, 6.07) is 13.8. The molecule has 2 heterocycles. The smallest absolute Gasteiger partial charge is 0.181 e. The van der Waals surface area contributed by atoms with Crippen molar-refractivity contribution in [2.45, 2.75) is 0 Å². The molecule has 0 amide bonds. The van der Waals surface area contributed by atoms with Crippen molar-refractivity contribution in [3.63, 3.8) is 0 Å². The van der Waals surface area contributed by atoms with Gasteiger partial charge in [-0.1, -0.05) is 18.2 Å². The van der Waals surface area contributed by atoms with Crippen LogP contribution in [-0.4, -0.2) is 34.0 Å². The maximum absolute atomic E-state index is 5.32. The third-order valence-corrected chi connectivity index (χ3v) is 4.25. The molecule has 0 unspecified atom stereocenters. The molecule has 0 aliphatic rings. The Morgan fingerprint density at radius 3 is 2.44 bits per heavy atom. The minimum Gasteiger partial charge on any atom is -0.497 e. The molecule has 0 radical (unpaired) electrons. The van der Waals surface area contributed by atoms with Crippen molar-refractivity contribution in [3.8, 4) is 34.3 Å². The van der Waals surface area contributed by atoms with Gasteiger partial charge in [-0.05, 0) is 18.2 Å². The van der Waals surface area contributed by atoms with Crippen molar-refractivity contribution in [2.75, 3.05) is 14.2 Å². The molecule has 0 aliphatic heterocycles. The zero-order valence-electron chi connectivity index (χ0n) is 14.3. The molecule has 0 atom stereocenters. The molecule has 0 aliphatic carbocycles. The van der Waals surface area contributed by atoms with E-state index in [2.05, 4.69) is 38.1 Å². The molecule has 0 spiro atoms. The summed E-state index contributed by atoms with van der Waals surface area (Å²) in [5, 5.41) is 8.55. The van der Waals surface area contributed by atoms with Crippen LogP contribution in [0.15, 0.2) is 48.7 Å². The number of aryl methyl sites for hydroxylation is 1. The number of methoxy groups -OCH3 is 2. The van der Waals surface area contributed by atoms with Gasteiger partial charge in [-0.2, -0.15) is 5.10 Å². The lowest BCUT2D eigenvalue weighted by molar-refractivity contribution is 0.394. The summed E-state index contributed by atoms with van der Waals surface area (Å²) in [7, 11) is 5.27. The van der Waals surface area contributed by atoms with E-state index in [1.165, 1.54) is 0 Å². The fourth-order valence-corrected chi connectivity index (χ4v) is 2.98. The van der Waals surface area contributed by atoms with Gasteiger partial charge in [-0.3, -0.25) is 5.10 Å². The SMILES string of the molecule is COc1cc(OC)cc(-c2n[nH]c(-c3cn(C)c4ccccc34)n2)c1. The molecule has 126 valence electrons. The number of ether oxygens (including phenoxy) is 2. The maximum Gasteiger partial charge on any atom is 0.181 e. The molecule has 1 N–H and O–H groups in total. The number of para-hydroxylation sites is 1. The van der Waals surface area contributed by atoms with Crippen molar-refractivity contribution >= 4 is 10.9 Å². The third kappa shape index (κ3) is 2.61. The molecule has 25 heavy (non-hydrogen) atoms. The highest BCUT2D eigenvalue weighted by Gasteiger charge is 2.14. The summed E-state index contributed by atoms with van der Waals surface area (Å²) >= 11 is 0. The Bertz CT molecular complexity index is 1030. The van der Waals surface area contributed by atoms with Gasteiger partial charge in [0.1, 0.15) is 11.5 Å². The van der Waals surface area contributed by atoms with E-state index in [-0.39, 0.29) is 0 Å². The summed E-state index contributed by atoms with van der Waals surface area (Å²) in [4.78, 5) is 4.67. The minimum atomic E-state index is 0.597. The normalized spacial score (nSPS) is 11.0. The molecule has 0 saturated carbocycles. The first-order valence-electron chi connectivity index (χ1n) is 7.90. The Morgan fingerprint density at radius 1 is 1.00 bits per heavy atom. The molecule has 4 rings (SSSR count). The molecule has 0 fully saturated rings. The first-order chi connectivity index (χ1) is 12.2. The fourth-order valence-electron chi connectivity index (χ4n) is 2.98. The highest BCUT2D eigenvalue weighted by molar-refractivity contribution is 5.94. The molecule has 0 saturated heterocycles. The van der Waals surface area contributed by atoms with Crippen LogP contribution in [0.3, 0.4) is 0 Å². The average molecular weight is 334 g/mol.